The van der Waals surface area contributed by atoms with Crippen molar-refractivity contribution in [1.82, 2.24) is 9.47 Å². The zero-order valence-corrected chi connectivity index (χ0v) is 13.1. The van der Waals surface area contributed by atoms with Gasteiger partial charge in [-0.3, -0.25) is 9.47 Å². The predicted octanol–water partition coefficient (Wildman–Crippen LogP) is 4.84. The summed E-state index contributed by atoms with van der Waals surface area (Å²) in [5.74, 6) is 0. The molecular weight excluding hydrogens is 292 g/mol. The summed E-state index contributed by atoms with van der Waals surface area (Å²) in [6, 6.07) is 5.65. The minimum Gasteiger partial charge on any atom is -0.429 e. The first-order chi connectivity index (χ1) is 9.74. The Morgan fingerprint density at radius 2 is 1.80 bits per heavy atom. The van der Waals surface area contributed by atoms with Gasteiger partial charge in [-0.1, -0.05) is 30.9 Å². The molecule has 1 aliphatic rings. The Labute approximate surface area is 129 Å². The lowest BCUT2D eigenvalue weighted by Crippen LogP contribution is -2.29. The molecule has 2 heterocycles. The monoisotopic (exact) mass is 310 g/mol. The molecule has 0 aliphatic carbocycles. The molecule has 1 aromatic carbocycles. The van der Waals surface area contributed by atoms with Crippen LogP contribution in [0.3, 0.4) is 0 Å². The summed E-state index contributed by atoms with van der Waals surface area (Å²) in [4.78, 5) is 2.99. The van der Waals surface area contributed by atoms with Crippen LogP contribution in [-0.2, 0) is 6.67 Å². The summed E-state index contributed by atoms with van der Waals surface area (Å²) in [7, 11) is 0. The molecule has 1 saturated heterocycles. The number of fused-ring (bicyclic) bond motifs is 1. The summed E-state index contributed by atoms with van der Waals surface area (Å²) < 4.78 is 7.70. The van der Waals surface area contributed by atoms with Crippen molar-refractivity contribution in [2.75, 3.05) is 13.1 Å². The quantitative estimate of drug-likeness (QED) is 0.741. The summed E-state index contributed by atoms with van der Waals surface area (Å²) in [5, 5.41) is 0.717. The highest BCUT2D eigenvalue weighted by atomic mass is 35.5. The van der Waals surface area contributed by atoms with E-state index in [0.29, 0.717) is 4.84 Å². The van der Waals surface area contributed by atoms with Gasteiger partial charge in [0.05, 0.1) is 12.2 Å². The number of rotatable bonds is 2. The molecular formula is C15H19ClN2OS. The van der Waals surface area contributed by atoms with Crippen molar-refractivity contribution in [3.05, 3.63) is 28.1 Å². The molecule has 0 radical (unpaired) electrons. The molecule has 0 atom stereocenters. The number of hydrogen-bond acceptors (Lipinski definition) is 3. The first kappa shape index (κ1) is 14.1. The summed E-state index contributed by atoms with van der Waals surface area (Å²) in [6.45, 7) is 3.07. The van der Waals surface area contributed by atoms with Crippen molar-refractivity contribution in [3.63, 3.8) is 0 Å². The molecule has 0 spiro atoms. The van der Waals surface area contributed by atoms with E-state index in [0.717, 1.165) is 35.9 Å². The van der Waals surface area contributed by atoms with Crippen LogP contribution in [0.4, 0.5) is 0 Å². The lowest BCUT2D eigenvalue weighted by molar-refractivity contribution is 0.197. The average Bonchev–Trinajstić information content (AvgIpc) is 2.68. The number of oxazole rings is 1. The Morgan fingerprint density at radius 3 is 2.55 bits per heavy atom. The molecule has 0 amide bonds. The summed E-state index contributed by atoms with van der Waals surface area (Å²) >= 11 is 11.4. The molecule has 0 unspecified atom stereocenters. The van der Waals surface area contributed by atoms with Crippen LogP contribution in [0.15, 0.2) is 22.6 Å². The highest BCUT2D eigenvalue weighted by Crippen LogP contribution is 2.22. The second kappa shape index (κ2) is 6.29. The topological polar surface area (TPSA) is 21.3 Å². The molecule has 3 nitrogen and oxygen atoms in total. The number of aromatic nitrogens is 1. The second-order valence-electron chi connectivity index (χ2n) is 5.44. The van der Waals surface area contributed by atoms with Crippen LogP contribution in [-0.4, -0.2) is 22.6 Å². The van der Waals surface area contributed by atoms with Crippen molar-refractivity contribution in [1.29, 1.82) is 0 Å². The van der Waals surface area contributed by atoms with E-state index in [-0.39, 0.29) is 0 Å². The number of likely N-dealkylation sites (tertiary alicyclic amines) is 1. The van der Waals surface area contributed by atoms with Gasteiger partial charge in [0.1, 0.15) is 0 Å². The molecule has 3 rings (SSSR count). The molecule has 1 aliphatic heterocycles. The third kappa shape index (κ3) is 3.08. The number of hydrogen-bond donors (Lipinski definition) is 0. The van der Waals surface area contributed by atoms with E-state index in [9.17, 15) is 0 Å². The lowest BCUT2D eigenvalue weighted by Gasteiger charge is -2.24. The normalized spacial score (nSPS) is 18.1. The van der Waals surface area contributed by atoms with Gasteiger partial charge in [0, 0.05) is 5.02 Å². The van der Waals surface area contributed by atoms with Gasteiger partial charge in [-0.25, -0.2) is 0 Å². The van der Waals surface area contributed by atoms with E-state index < -0.39 is 0 Å². The molecule has 2 aromatic rings. The lowest BCUT2D eigenvalue weighted by atomic mass is 10.1. The maximum atomic E-state index is 6.09. The van der Waals surface area contributed by atoms with Gasteiger partial charge < -0.3 is 4.42 Å². The zero-order chi connectivity index (χ0) is 13.9. The van der Waals surface area contributed by atoms with Gasteiger partial charge in [-0.05, 0) is 56.3 Å². The van der Waals surface area contributed by atoms with Crippen molar-refractivity contribution in [2.45, 2.75) is 38.8 Å². The van der Waals surface area contributed by atoms with Crippen LogP contribution < -0.4 is 0 Å². The van der Waals surface area contributed by atoms with Gasteiger partial charge in [-0.15, -0.1) is 0 Å². The first-order valence-electron chi connectivity index (χ1n) is 7.25. The third-order valence-electron chi connectivity index (χ3n) is 3.92. The fourth-order valence-corrected chi connectivity index (χ4v) is 3.24. The highest BCUT2D eigenvalue weighted by Gasteiger charge is 2.13. The zero-order valence-electron chi connectivity index (χ0n) is 11.5. The van der Waals surface area contributed by atoms with Crippen molar-refractivity contribution in [3.8, 4) is 0 Å². The Bertz CT molecular complexity index is 641. The Morgan fingerprint density at radius 1 is 1.10 bits per heavy atom. The molecule has 20 heavy (non-hydrogen) atoms. The Balaban J connectivity index is 1.87. The maximum Gasteiger partial charge on any atom is 0.270 e. The van der Waals surface area contributed by atoms with E-state index in [1.54, 1.807) is 0 Å². The number of nitrogens with zero attached hydrogens (tertiary/aromatic N) is 2. The summed E-state index contributed by atoms with van der Waals surface area (Å²) in [6.07, 6.45) is 6.57. The van der Waals surface area contributed by atoms with E-state index >= 15 is 0 Å². The van der Waals surface area contributed by atoms with E-state index in [4.69, 9.17) is 28.2 Å². The van der Waals surface area contributed by atoms with Gasteiger partial charge in [0.25, 0.3) is 4.84 Å². The molecule has 1 fully saturated rings. The van der Waals surface area contributed by atoms with Gasteiger partial charge >= 0.3 is 0 Å². The van der Waals surface area contributed by atoms with E-state index in [1.807, 2.05) is 18.2 Å². The third-order valence-corrected chi connectivity index (χ3v) is 4.46. The van der Waals surface area contributed by atoms with Crippen molar-refractivity contribution in [2.24, 2.45) is 0 Å². The largest absolute Gasteiger partial charge is 0.429 e. The van der Waals surface area contributed by atoms with Crippen molar-refractivity contribution < 1.29 is 4.42 Å². The van der Waals surface area contributed by atoms with Crippen LogP contribution in [0.2, 0.25) is 5.02 Å². The minimum absolute atomic E-state index is 0.532. The molecule has 0 N–H and O–H groups in total. The molecule has 1 aromatic heterocycles. The van der Waals surface area contributed by atoms with Crippen LogP contribution in [0, 0.1) is 4.84 Å². The van der Waals surface area contributed by atoms with Crippen molar-refractivity contribution >= 4 is 34.9 Å². The van der Waals surface area contributed by atoms with Crippen LogP contribution >= 0.6 is 23.8 Å². The van der Waals surface area contributed by atoms with Crippen LogP contribution in [0.25, 0.3) is 11.1 Å². The number of benzene rings is 1. The predicted molar refractivity (Wildman–Crippen MR) is 84.7 cm³/mol. The van der Waals surface area contributed by atoms with E-state index in [2.05, 4.69) is 9.47 Å². The average molecular weight is 311 g/mol. The standard InChI is InChI=1S/C15H19ClN2OS/c16-12-6-7-14-13(10-12)18(15(20)19-14)11-17-8-4-2-1-3-5-9-17/h6-7,10H,1-5,8-9,11H2. The highest BCUT2D eigenvalue weighted by molar-refractivity contribution is 7.71. The molecule has 108 valence electrons. The SMILES string of the molecule is S=c1oc2ccc(Cl)cc2n1CN1CCCCCCC1. The van der Waals surface area contributed by atoms with Gasteiger partial charge in [0.15, 0.2) is 5.58 Å². The van der Waals surface area contributed by atoms with Gasteiger partial charge in [0.2, 0.25) is 0 Å². The van der Waals surface area contributed by atoms with Crippen LogP contribution in [0.5, 0.6) is 0 Å². The van der Waals surface area contributed by atoms with Gasteiger partial charge in [-0.2, -0.15) is 0 Å². The van der Waals surface area contributed by atoms with Crippen LogP contribution in [0.1, 0.15) is 32.1 Å². The summed E-state index contributed by atoms with van der Waals surface area (Å²) in [5.41, 5.74) is 1.80. The fraction of sp³-hybridized carbons (Fsp3) is 0.533. The Kier molecular flexibility index (Phi) is 4.44. The number of halogens is 1. The minimum atomic E-state index is 0.532. The first-order valence-corrected chi connectivity index (χ1v) is 8.04. The fourth-order valence-electron chi connectivity index (χ4n) is 2.82. The molecule has 0 saturated carbocycles. The Hall–Kier alpha value is -0.840. The molecule has 0 bridgehead atoms. The second-order valence-corrected chi connectivity index (χ2v) is 6.22. The van der Waals surface area contributed by atoms with E-state index in [1.165, 1.54) is 32.1 Å². The maximum absolute atomic E-state index is 6.09. The smallest absolute Gasteiger partial charge is 0.270 e. The molecule has 5 heteroatoms.